The molecule has 276 valence electrons. The molecule has 0 unspecified atom stereocenters. The molecule has 12 aromatic rings. The third-order valence-electron chi connectivity index (χ3n) is 11.4. The highest BCUT2D eigenvalue weighted by Crippen LogP contribution is 2.38. The lowest BCUT2D eigenvalue weighted by molar-refractivity contribution is 0.669. The minimum atomic E-state index is 0.0132. The molecule has 0 atom stereocenters. The molecule has 0 bridgehead atoms. The van der Waals surface area contributed by atoms with Gasteiger partial charge in [-0.1, -0.05) is 103 Å². The van der Waals surface area contributed by atoms with Crippen LogP contribution in [0.15, 0.2) is 180 Å². The lowest BCUT2D eigenvalue weighted by atomic mass is 10.0. The van der Waals surface area contributed by atoms with Crippen LogP contribution in [0.1, 0.15) is 0 Å². The molecule has 4 aromatic heterocycles. The van der Waals surface area contributed by atoms with Crippen molar-refractivity contribution in [3.8, 4) is 16.8 Å². The fourth-order valence-corrected chi connectivity index (χ4v) is 8.88. The summed E-state index contributed by atoms with van der Waals surface area (Å²) in [6.07, 6.45) is 0. The number of nitrogens with one attached hydrogen (secondary N) is 2. The Hall–Kier alpha value is -8.10. The largest absolute Gasteiger partial charge is 0.456 e. The Labute approximate surface area is 331 Å². The molecule has 4 heterocycles. The van der Waals surface area contributed by atoms with Gasteiger partial charge in [-0.15, -0.1) is 0 Å². The fraction of sp³-hybridized carbons (Fsp3) is 0. The number of furan rings is 1. The van der Waals surface area contributed by atoms with Crippen LogP contribution in [-0.4, -0.2) is 25.6 Å². The van der Waals surface area contributed by atoms with E-state index in [4.69, 9.17) is 26.7 Å². The van der Waals surface area contributed by atoms with Gasteiger partial charge in [0.05, 0.1) is 33.1 Å². The van der Waals surface area contributed by atoms with Crippen LogP contribution in [0.4, 0.5) is 0 Å². The highest BCUT2D eigenvalue weighted by atomic mass is 16.3. The molecular formula is C50H35N7O. The molecule has 0 aliphatic heterocycles. The number of nitrogen functional groups attached to an aromatic ring is 2. The van der Waals surface area contributed by atoms with Crippen LogP contribution in [0.2, 0.25) is 0 Å². The zero-order valence-electron chi connectivity index (χ0n) is 31.1. The van der Waals surface area contributed by atoms with E-state index in [1.165, 1.54) is 21.8 Å². The van der Waals surface area contributed by atoms with E-state index >= 15 is 0 Å². The van der Waals surface area contributed by atoms with E-state index in [9.17, 15) is 0 Å². The van der Waals surface area contributed by atoms with Gasteiger partial charge in [0.2, 0.25) is 0 Å². The number of hydrogen-bond acceptors (Lipinski definition) is 3. The molecule has 0 radical (unpaired) electrons. The third-order valence-corrected chi connectivity index (χ3v) is 11.4. The monoisotopic (exact) mass is 749 g/mol. The SMILES string of the molecule is N=C(N)n1c2ccccc2c2cc(-c3ccc4oc5ccc(-n6c7ccccc7c7ccccc76)cc5c4c3)ccc21.N=C(N)n1c2ccccc2c2ccccc21. The molecule has 8 aromatic carbocycles. The van der Waals surface area contributed by atoms with Crippen LogP contribution in [0.5, 0.6) is 0 Å². The minimum absolute atomic E-state index is 0.0132. The van der Waals surface area contributed by atoms with Gasteiger partial charge in [0.15, 0.2) is 11.9 Å². The lowest BCUT2D eigenvalue weighted by Crippen LogP contribution is -2.19. The molecule has 6 N–H and O–H groups in total. The lowest BCUT2D eigenvalue weighted by Gasteiger charge is -2.08. The summed E-state index contributed by atoms with van der Waals surface area (Å²) >= 11 is 0. The summed E-state index contributed by atoms with van der Waals surface area (Å²) in [5, 5.41) is 24.9. The van der Waals surface area contributed by atoms with Crippen molar-refractivity contribution in [3.63, 3.8) is 0 Å². The Morgan fingerprint density at radius 2 is 0.724 bits per heavy atom. The molecule has 0 saturated carbocycles. The summed E-state index contributed by atoms with van der Waals surface area (Å²) in [6.45, 7) is 0. The van der Waals surface area contributed by atoms with Crippen LogP contribution in [0.25, 0.3) is 104 Å². The van der Waals surface area contributed by atoms with Crippen molar-refractivity contribution in [3.05, 3.63) is 176 Å². The molecular weight excluding hydrogens is 715 g/mol. The van der Waals surface area contributed by atoms with Gasteiger partial charge < -0.3 is 20.5 Å². The highest BCUT2D eigenvalue weighted by Gasteiger charge is 2.17. The summed E-state index contributed by atoms with van der Waals surface area (Å²) in [6, 6.07) is 60.5. The van der Waals surface area contributed by atoms with Crippen LogP contribution in [-0.2, 0) is 0 Å². The summed E-state index contributed by atoms with van der Waals surface area (Å²) in [7, 11) is 0. The number of nitrogens with zero attached hydrogens (tertiary/aromatic N) is 3. The van der Waals surface area contributed by atoms with E-state index in [1.54, 1.807) is 9.13 Å². The molecule has 0 aliphatic carbocycles. The summed E-state index contributed by atoms with van der Waals surface area (Å²) in [5.41, 5.74) is 22.9. The first-order valence-electron chi connectivity index (χ1n) is 19.1. The number of aromatic nitrogens is 3. The quantitative estimate of drug-likeness (QED) is 0.104. The molecule has 0 spiro atoms. The van der Waals surface area contributed by atoms with Crippen LogP contribution in [0, 0.1) is 10.8 Å². The highest BCUT2D eigenvalue weighted by molar-refractivity contribution is 6.16. The van der Waals surface area contributed by atoms with E-state index in [0.29, 0.717) is 0 Å². The smallest absolute Gasteiger partial charge is 0.197 e. The van der Waals surface area contributed by atoms with Gasteiger partial charge >= 0.3 is 0 Å². The van der Waals surface area contributed by atoms with Crippen LogP contribution >= 0.6 is 0 Å². The number of rotatable bonds is 2. The molecule has 0 aliphatic rings. The van der Waals surface area contributed by atoms with Gasteiger partial charge in [0.25, 0.3) is 0 Å². The predicted molar refractivity (Wildman–Crippen MR) is 241 cm³/mol. The standard InChI is InChI=1S/C37H24N4O.C13H11N3/c38-37(39)41-33-12-6-3-9-27(33)28-19-22(13-16-34(28)41)23-14-17-35-29(20-23)30-21-24(15-18-36(30)42-35)40-31-10-4-1-7-25(31)26-8-2-5-11-32(26)40;14-13(15)16-11-7-3-1-5-9(11)10-6-2-4-8-12(10)16/h1-21H,(H3,38,39);1-8H,(H3,14,15). The first-order chi connectivity index (χ1) is 28.4. The van der Waals surface area contributed by atoms with Crippen molar-refractivity contribution in [2.75, 3.05) is 0 Å². The second kappa shape index (κ2) is 12.7. The second-order valence-electron chi connectivity index (χ2n) is 14.6. The molecule has 8 heteroatoms. The van der Waals surface area contributed by atoms with Crippen molar-refractivity contribution in [2.45, 2.75) is 0 Å². The maximum atomic E-state index is 8.17. The molecule has 0 fully saturated rings. The predicted octanol–water partition coefficient (Wildman–Crippen LogP) is 11.7. The topological polar surface area (TPSA) is 128 Å². The Morgan fingerprint density at radius 3 is 1.22 bits per heavy atom. The number of nitrogens with two attached hydrogens (primary N) is 2. The molecule has 8 nitrogen and oxygen atoms in total. The minimum Gasteiger partial charge on any atom is -0.456 e. The molecule has 0 saturated heterocycles. The van der Waals surface area contributed by atoms with Crippen LogP contribution in [0.3, 0.4) is 0 Å². The van der Waals surface area contributed by atoms with E-state index in [2.05, 4.69) is 126 Å². The first kappa shape index (κ1) is 33.3. The van der Waals surface area contributed by atoms with E-state index in [0.717, 1.165) is 82.4 Å². The normalized spacial score (nSPS) is 11.7. The van der Waals surface area contributed by atoms with Gasteiger partial charge in [0, 0.05) is 48.8 Å². The number of benzene rings is 8. The number of fused-ring (bicyclic) bond motifs is 12. The van der Waals surface area contributed by atoms with Crippen LogP contribution < -0.4 is 11.5 Å². The van der Waals surface area contributed by atoms with Crippen molar-refractivity contribution in [2.24, 2.45) is 11.5 Å². The molecule has 0 amide bonds. The average Bonchev–Trinajstić information content (AvgIpc) is 3.99. The number of para-hydroxylation sites is 5. The zero-order valence-corrected chi connectivity index (χ0v) is 31.1. The van der Waals surface area contributed by atoms with Gasteiger partial charge in [-0.3, -0.25) is 20.0 Å². The zero-order chi connectivity index (χ0) is 39.1. The van der Waals surface area contributed by atoms with E-state index < -0.39 is 0 Å². The summed E-state index contributed by atoms with van der Waals surface area (Å²) in [4.78, 5) is 0. The average molecular weight is 750 g/mol. The summed E-state index contributed by atoms with van der Waals surface area (Å²) < 4.78 is 12.2. The second-order valence-corrected chi connectivity index (χ2v) is 14.6. The Kier molecular flexibility index (Phi) is 7.30. The maximum absolute atomic E-state index is 8.17. The molecule has 58 heavy (non-hydrogen) atoms. The van der Waals surface area contributed by atoms with Gasteiger partial charge in [0.1, 0.15) is 11.2 Å². The Bertz CT molecular complexity index is 3550. The van der Waals surface area contributed by atoms with Crippen molar-refractivity contribution in [1.82, 2.24) is 13.7 Å². The maximum Gasteiger partial charge on any atom is 0.197 e. The van der Waals surface area contributed by atoms with E-state index in [1.807, 2.05) is 54.6 Å². The van der Waals surface area contributed by atoms with Crippen molar-refractivity contribution >= 4 is 99.3 Å². The van der Waals surface area contributed by atoms with Crippen molar-refractivity contribution < 1.29 is 4.42 Å². The third kappa shape index (κ3) is 4.95. The van der Waals surface area contributed by atoms with Gasteiger partial charge in [-0.2, -0.15) is 0 Å². The van der Waals surface area contributed by atoms with E-state index in [-0.39, 0.29) is 11.9 Å². The van der Waals surface area contributed by atoms with Crippen molar-refractivity contribution in [1.29, 1.82) is 10.8 Å². The van der Waals surface area contributed by atoms with Gasteiger partial charge in [-0.25, -0.2) is 0 Å². The molecule has 12 rings (SSSR count). The Morgan fingerprint density at radius 1 is 0.362 bits per heavy atom. The Balaban J connectivity index is 0.000000201. The summed E-state index contributed by atoms with van der Waals surface area (Å²) in [5.74, 6) is 0.0664. The fourth-order valence-electron chi connectivity index (χ4n) is 8.88. The first-order valence-corrected chi connectivity index (χ1v) is 19.1. The van der Waals surface area contributed by atoms with Gasteiger partial charge in [-0.05, 0) is 83.9 Å². The number of hydrogen-bond donors (Lipinski definition) is 4.